The van der Waals surface area contributed by atoms with Crippen LogP contribution in [0.2, 0.25) is 0 Å². The summed E-state index contributed by atoms with van der Waals surface area (Å²) in [4.78, 5) is 22.3. The number of carbonyl (C=O) groups excluding carboxylic acids is 1. The van der Waals surface area contributed by atoms with E-state index in [2.05, 4.69) is 17.5 Å². The second kappa shape index (κ2) is 10.7. The summed E-state index contributed by atoms with van der Waals surface area (Å²) in [5.41, 5.74) is 3.07. The molecule has 1 N–H and O–H groups in total. The van der Waals surface area contributed by atoms with E-state index < -0.39 is 10.8 Å². The molecule has 2 aromatic rings. The van der Waals surface area contributed by atoms with Crippen molar-refractivity contribution in [2.75, 3.05) is 13.2 Å². The summed E-state index contributed by atoms with van der Waals surface area (Å²) < 4.78 is 11.3. The number of benzene rings is 2. The van der Waals surface area contributed by atoms with Gasteiger partial charge in [0.25, 0.3) is 11.6 Å². The maximum atomic E-state index is 12.1. The number of nitrogens with one attached hydrogen (secondary N) is 1. The van der Waals surface area contributed by atoms with Crippen LogP contribution in [0.25, 0.3) is 0 Å². The Hall–Kier alpha value is -3.42. The summed E-state index contributed by atoms with van der Waals surface area (Å²) in [6, 6.07) is 10.8. The molecule has 1 amide bonds. The summed E-state index contributed by atoms with van der Waals surface area (Å²) in [6.07, 6.45) is 3.46. The van der Waals surface area contributed by atoms with Gasteiger partial charge in [0.15, 0.2) is 11.5 Å². The molecule has 148 valence electrons. The molecule has 0 aliphatic rings. The first-order valence-electron chi connectivity index (χ1n) is 9.02. The second-order valence-electron chi connectivity index (χ2n) is 5.85. The van der Waals surface area contributed by atoms with E-state index in [1.54, 1.807) is 18.2 Å². The number of carbonyl (C=O) groups is 1. The van der Waals surface area contributed by atoms with Gasteiger partial charge in [0.2, 0.25) is 0 Å². The Morgan fingerprint density at radius 2 is 2.00 bits per heavy atom. The summed E-state index contributed by atoms with van der Waals surface area (Å²) in [5, 5.41) is 14.7. The van der Waals surface area contributed by atoms with Crippen LogP contribution in [0.4, 0.5) is 5.69 Å². The number of hydrazone groups is 1. The van der Waals surface area contributed by atoms with Crippen molar-refractivity contribution in [3.63, 3.8) is 0 Å². The molecule has 2 aromatic carbocycles. The lowest BCUT2D eigenvalue weighted by Crippen LogP contribution is -2.17. The molecule has 8 nitrogen and oxygen atoms in total. The van der Waals surface area contributed by atoms with Gasteiger partial charge in [0, 0.05) is 17.7 Å². The molecule has 2 rings (SSSR count). The second-order valence-corrected chi connectivity index (χ2v) is 5.85. The summed E-state index contributed by atoms with van der Waals surface area (Å²) in [7, 11) is 0. The molecule has 0 aliphatic heterocycles. The van der Waals surface area contributed by atoms with E-state index in [-0.39, 0.29) is 11.3 Å². The Morgan fingerprint density at radius 1 is 1.18 bits per heavy atom. The normalized spacial score (nSPS) is 10.6. The van der Waals surface area contributed by atoms with E-state index in [0.29, 0.717) is 30.3 Å². The van der Waals surface area contributed by atoms with Crippen LogP contribution in [-0.4, -0.2) is 30.3 Å². The van der Waals surface area contributed by atoms with Crippen LogP contribution >= 0.6 is 0 Å². The predicted octanol–water partition coefficient (Wildman–Crippen LogP) is 3.94. The molecule has 0 aromatic heterocycles. The van der Waals surface area contributed by atoms with Gasteiger partial charge in [0.05, 0.1) is 24.4 Å². The minimum absolute atomic E-state index is 0.154. The maximum Gasteiger partial charge on any atom is 0.271 e. The van der Waals surface area contributed by atoms with Crippen LogP contribution < -0.4 is 14.9 Å². The molecule has 0 saturated carbocycles. The molecule has 0 heterocycles. The first kappa shape index (κ1) is 20.9. The third-order valence-electron chi connectivity index (χ3n) is 3.72. The third kappa shape index (κ3) is 6.08. The third-order valence-corrected chi connectivity index (χ3v) is 3.72. The van der Waals surface area contributed by atoms with Crippen molar-refractivity contribution in [3.05, 3.63) is 63.7 Å². The number of ether oxygens (including phenoxy) is 2. The fraction of sp³-hybridized carbons (Fsp3) is 0.300. The molecule has 0 bridgehead atoms. The van der Waals surface area contributed by atoms with E-state index >= 15 is 0 Å². The molecule has 28 heavy (non-hydrogen) atoms. The summed E-state index contributed by atoms with van der Waals surface area (Å²) in [5.74, 6) is 0.727. The summed E-state index contributed by atoms with van der Waals surface area (Å²) in [6.45, 7) is 5.09. The first-order chi connectivity index (χ1) is 13.5. The number of hydrogen-bond donors (Lipinski definition) is 1. The van der Waals surface area contributed by atoms with E-state index in [4.69, 9.17) is 9.47 Å². The van der Waals surface area contributed by atoms with E-state index in [9.17, 15) is 14.9 Å². The van der Waals surface area contributed by atoms with E-state index in [1.807, 2.05) is 6.92 Å². The minimum atomic E-state index is -0.556. The topological polar surface area (TPSA) is 103 Å². The van der Waals surface area contributed by atoms with Gasteiger partial charge in [-0.1, -0.05) is 19.4 Å². The minimum Gasteiger partial charge on any atom is -0.490 e. The fourth-order valence-corrected chi connectivity index (χ4v) is 2.31. The SMILES string of the molecule is CCCCOc1ccc(/C=N/NC(=O)c2cccc([N+](=O)[O-])c2)cc1OCC. The highest BCUT2D eigenvalue weighted by Gasteiger charge is 2.11. The van der Waals surface area contributed by atoms with Gasteiger partial charge in [-0.3, -0.25) is 14.9 Å². The van der Waals surface area contributed by atoms with Crippen LogP contribution in [0.15, 0.2) is 47.6 Å². The lowest BCUT2D eigenvalue weighted by Gasteiger charge is -2.12. The zero-order valence-electron chi connectivity index (χ0n) is 15.9. The molecular weight excluding hydrogens is 362 g/mol. The highest BCUT2D eigenvalue weighted by molar-refractivity contribution is 5.95. The van der Waals surface area contributed by atoms with Crippen molar-refractivity contribution < 1.29 is 19.2 Å². The van der Waals surface area contributed by atoms with Crippen molar-refractivity contribution in [1.29, 1.82) is 0 Å². The van der Waals surface area contributed by atoms with Gasteiger partial charge in [0.1, 0.15) is 0 Å². The Bertz CT molecular complexity index is 851. The van der Waals surface area contributed by atoms with Gasteiger partial charge in [-0.25, -0.2) is 5.43 Å². The number of nitrogens with zero attached hydrogens (tertiary/aromatic N) is 2. The number of hydrogen-bond acceptors (Lipinski definition) is 6. The number of amides is 1. The van der Waals surface area contributed by atoms with Crippen molar-refractivity contribution in [3.8, 4) is 11.5 Å². The number of nitro benzene ring substituents is 1. The van der Waals surface area contributed by atoms with Crippen molar-refractivity contribution in [1.82, 2.24) is 5.43 Å². The highest BCUT2D eigenvalue weighted by Crippen LogP contribution is 2.28. The molecule has 0 saturated heterocycles. The van der Waals surface area contributed by atoms with Gasteiger partial charge in [-0.05, 0) is 43.2 Å². The predicted molar refractivity (Wildman–Crippen MR) is 106 cm³/mol. The van der Waals surface area contributed by atoms with E-state index in [1.165, 1.54) is 30.5 Å². The Morgan fingerprint density at radius 3 is 2.71 bits per heavy atom. The number of non-ortho nitro benzene ring substituents is 1. The molecule has 0 atom stereocenters. The van der Waals surface area contributed by atoms with E-state index in [0.717, 1.165) is 12.8 Å². The molecule has 0 aliphatic carbocycles. The van der Waals surface area contributed by atoms with Crippen LogP contribution in [0, 0.1) is 10.1 Å². The smallest absolute Gasteiger partial charge is 0.271 e. The van der Waals surface area contributed by atoms with Crippen LogP contribution in [0.5, 0.6) is 11.5 Å². The number of unbranched alkanes of at least 4 members (excludes halogenated alkanes) is 1. The number of rotatable bonds is 10. The van der Waals surface area contributed by atoms with Crippen molar-refractivity contribution >= 4 is 17.8 Å². The van der Waals surface area contributed by atoms with Gasteiger partial charge in [-0.2, -0.15) is 5.10 Å². The van der Waals surface area contributed by atoms with Gasteiger partial charge >= 0.3 is 0 Å². The highest BCUT2D eigenvalue weighted by atomic mass is 16.6. The average molecular weight is 385 g/mol. The molecule has 8 heteroatoms. The Balaban J connectivity index is 2.04. The molecule has 0 radical (unpaired) electrons. The molecular formula is C20H23N3O5. The fourth-order valence-electron chi connectivity index (χ4n) is 2.31. The van der Waals surface area contributed by atoms with Crippen molar-refractivity contribution in [2.24, 2.45) is 5.10 Å². The maximum absolute atomic E-state index is 12.1. The van der Waals surface area contributed by atoms with Crippen LogP contribution in [-0.2, 0) is 0 Å². The summed E-state index contributed by atoms with van der Waals surface area (Å²) >= 11 is 0. The number of nitro groups is 1. The lowest BCUT2D eigenvalue weighted by atomic mass is 10.2. The van der Waals surface area contributed by atoms with Crippen molar-refractivity contribution in [2.45, 2.75) is 26.7 Å². The lowest BCUT2D eigenvalue weighted by molar-refractivity contribution is -0.384. The largest absolute Gasteiger partial charge is 0.490 e. The quantitative estimate of drug-likeness (QED) is 0.289. The zero-order chi connectivity index (χ0) is 20.4. The monoisotopic (exact) mass is 385 g/mol. The average Bonchev–Trinajstić information content (AvgIpc) is 2.70. The molecule has 0 spiro atoms. The first-order valence-corrected chi connectivity index (χ1v) is 9.02. The molecule has 0 unspecified atom stereocenters. The molecule has 0 fully saturated rings. The Labute approximate surface area is 163 Å². The zero-order valence-corrected chi connectivity index (χ0v) is 15.9. The van der Waals surface area contributed by atoms with Gasteiger partial charge < -0.3 is 9.47 Å². The standard InChI is InChI=1S/C20H23N3O5/c1-3-5-11-28-18-10-9-15(12-19(18)27-4-2)14-21-22-20(24)16-7-6-8-17(13-16)23(25)26/h6-10,12-14H,3-5,11H2,1-2H3,(H,22,24)/b21-14+. The Kier molecular flexibility index (Phi) is 7.95. The van der Waals surface area contributed by atoms with Gasteiger partial charge in [-0.15, -0.1) is 0 Å². The van der Waals surface area contributed by atoms with Crippen LogP contribution in [0.3, 0.4) is 0 Å². The van der Waals surface area contributed by atoms with Crippen LogP contribution in [0.1, 0.15) is 42.6 Å².